The zero-order chi connectivity index (χ0) is 19.6. The van der Waals surface area contributed by atoms with Crippen molar-refractivity contribution in [1.29, 1.82) is 0 Å². The van der Waals surface area contributed by atoms with Gasteiger partial charge in [-0.05, 0) is 42.6 Å². The number of carbonyl (C=O) groups is 1. The molecule has 0 radical (unpaired) electrons. The lowest BCUT2D eigenvalue weighted by molar-refractivity contribution is 0.0524. The van der Waals surface area contributed by atoms with E-state index >= 15 is 0 Å². The maximum atomic E-state index is 14.0. The third-order valence-electron chi connectivity index (χ3n) is 4.71. The van der Waals surface area contributed by atoms with Gasteiger partial charge in [-0.25, -0.2) is 9.78 Å². The summed E-state index contributed by atoms with van der Waals surface area (Å²) >= 11 is 1.79. The van der Waals surface area contributed by atoms with Crippen molar-refractivity contribution in [2.24, 2.45) is 0 Å². The number of rotatable bonds is 5. The Hall–Kier alpha value is -1.59. The highest BCUT2D eigenvalue weighted by atomic mass is 127. The normalized spacial score (nSPS) is 16.0. The number of esters is 1. The van der Waals surface area contributed by atoms with Crippen LogP contribution in [-0.4, -0.2) is 71.7 Å². The number of pyridine rings is 2. The second-order valence-corrected chi connectivity index (χ2v) is 7.73. The van der Waals surface area contributed by atoms with Crippen LogP contribution in [0, 0.1) is 9.52 Å². The highest BCUT2D eigenvalue weighted by molar-refractivity contribution is 14.1. The maximum Gasteiger partial charge on any atom is 0.343 e. The zero-order valence-corrected chi connectivity index (χ0v) is 17.5. The van der Waals surface area contributed by atoms with Gasteiger partial charge in [-0.15, -0.1) is 0 Å². The summed E-state index contributed by atoms with van der Waals surface area (Å²) in [7, 11) is 2.09. The standard InChI is InChI=1S/C18H22FIN4O3/c1-3-27-18(26)13-11-24(9-8-23-6-4-22(2)5-7-23)17-12(15(13)25)10-14(20)16(19)21-17/h10-11H,3-9H2,1-2H3. The molecule has 0 N–H and O–H groups in total. The van der Waals surface area contributed by atoms with E-state index in [2.05, 4.69) is 21.8 Å². The molecule has 1 fully saturated rings. The number of likely N-dealkylation sites (N-methyl/N-ethyl adjacent to an activating group) is 1. The number of hydrogen-bond acceptors (Lipinski definition) is 6. The molecule has 2 aromatic rings. The fraction of sp³-hybridized carbons (Fsp3) is 0.500. The maximum absolute atomic E-state index is 14.0. The molecular formula is C18H22FIN4O3. The molecule has 0 unspecified atom stereocenters. The molecule has 0 saturated carbocycles. The van der Waals surface area contributed by atoms with Gasteiger partial charge in [-0.2, -0.15) is 4.39 Å². The smallest absolute Gasteiger partial charge is 0.343 e. The minimum absolute atomic E-state index is 0.0491. The van der Waals surface area contributed by atoms with E-state index < -0.39 is 17.3 Å². The summed E-state index contributed by atoms with van der Waals surface area (Å²) in [5.41, 5.74) is -0.281. The molecule has 3 rings (SSSR count). The highest BCUT2D eigenvalue weighted by Crippen LogP contribution is 2.17. The van der Waals surface area contributed by atoms with Crippen LogP contribution in [0.15, 0.2) is 17.1 Å². The van der Waals surface area contributed by atoms with Crippen molar-refractivity contribution in [1.82, 2.24) is 19.4 Å². The van der Waals surface area contributed by atoms with E-state index in [-0.39, 0.29) is 26.8 Å². The number of aromatic nitrogens is 2. The van der Waals surface area contributed by atoms with Crippen molar-refractivity contribution >= 4 is 39.6 Å². The lowest BCUT2D eigenvalue weighted by atomic mass is 10.2. The van der Waals surface area contributed by atoms with Gasteiger partial charge in [-0.3, -0.25) is 9.69 Å². The van der Waals surface area contributed by atoms with E-state index in [4.69, 9.17) is 4.74 Å². The summed E-state index contributed by atoms with van der Waals surface area (Å²) in [6.07, 6.45) is 1.44. The molecule has 1 aliphatic heterocycles. The van der Waals surface area contributed by atoms with Gasteiger partial charge in [-0.1, -0.05) is 0 Å². The SMILES string of the molecule is CCOC(=O)c1cn(CCN2CCN(C)CC2)c2nc(F)c(I)cc2c1=O. The second kappa shape index (κ2) is 8.61. The molecule has 1 aliphatic rings. The van der Waals surface area contributed by atoms with Crippen molar-refractivity contribution in [3.05, 3.63) is 37.6 Å². The van der Waals surface area contributed by atoms with Crippen LogP contribution in [0.1, 0.15) is 17.3 Å². The monoisotopic (exact) mass is 488 g/mol. The summed E-state index contributed by atoms with van der Waals surface area (Å²) in [6.45, 7) is 6.96. The van der Waals surface area contributed by atoms with Crippen molar-refractivity contribution < 1.29 is 13.9 Å². The van der Waals surface area contributed by atoms with Crippen LogP contribution in [0.3, 0.4) is 0 Å². The predicted molar refractivity (Wildman–Crippen MR) is 109 cm³/mol. The number of fused-ring (bicyclic) bond motifs is 1. The van der Waals surface area contributed by atoms with Crippen molar-refractivity contribution in [2.75, 3.05) is 46.4 Å². The molecule has 27 heavy (non-hydrogen) atoms. The van der Waals surface area contributed by atoms with Gasteiger partial charge >= 0.3 is 5.97 Å². The molecule has 0 atom stereocenters. The first-order valence-corrected chi connectivity index (χ1v) is 9.95. The molecule has 3 heterocycles. The predicted octanol–water partition coefficient (Wildman–Crippen LogP) is 1.56. The van der Waals surface area contributed by atoms with E-state index in [0.717, 1.165) is 32.7 Å². The van der Waals surface area contributed by atoms with Gasteiger partial charge in [0.2, 0.25) is 11.4 Å². The number of hydrogen-bond donors (Lipinski definition) is 0. The molecule has 2 aromatic heterocycles. The number of carbonyl (C=O) groups excluding carboxylic acids is 1. The molecule has 1 saturated heterocycles. The molecule has 0 bridgehead atoms. The number of nitrogens with zero attached hydrogens (tertiary/aromatic N) is 4. The zero-order valence-electron chi connectivity index (χ0n) is 15.4. The van der Waals surface area contributed by atoms with Crippen LogP contribution in [0.2, 0.25) is 0 Å². The molecule has 0 spiro atoms. The van der Waals surface area contributed by atoms with Gasteiger partial charge in [0, 0.05) is 45.5 Å². The summed E-state index contributed by atoms with van der Waals surface area (Å²) < 4.78 is 21.0. The topological polar surface area (TPSA) is 67.7 Å². The van der Waals surface area contributed by atoms with E-state index in [1.807, 2.05) is 0 Å². The van der Waals surface area contributed by atoms with Crippen molar-refractivity contribution in [3.63, 3.8) is 0 Å². The van der Waals surface area contributed by atoms with Gasteiger partial charge in [0.25, 0.3) is 0 Å². The summed E-state index contributed by atoms with van der Waals surface area (Å²) in [5, 5.41) is 0.227. The molecular weight excluding hydrogens is 466 g/mol. The van der Waals surface area contributed by atoms with E-state index in [9.17, 15) is 14.0 Å². The summed E-state index contributed by atoms with van der Waals surface area (Å²) in [5.74, 6) is -1.29. The molecule has 9 heteroatoms. The number of piperazine rings is 1. The van der Waals surface area contributed by atoms with Crippen LogP contribution in [0.25, 0.3) is 11.0 Å². The Kier molecular flexibility index (Phi) is 6.43. The van der Waals surface area contributed by atoms with Gasteiger partial charge in [0.1, 0.15) is 11.2 Å². The number of ether oxygens (including phenoxy) is 1. The lowest BCUT2D eigenvalue weighted by Gasteiger charge is -2.32. The minimum atomic E-state index is -0.669. The van der Waals surface area contributed by atoms with Crippen LogP contribution >= 0.6 is 22.6 Å². The van der Waals surface area contributed by atoms with Crippen LogP contribution < -0.4 is 5.43 Å². The third-order valence-corrected chi connectivity index (χ3v) is 5.46. The van der Waals surface area contributed by atoms with Crippen molar-refractivity contribution in [3.8, 4) is 0 Å². The van der Waals surface area contributed by atoms with Crippen molar-refractivity contribution in [2.45, 2.75) is 13.5 Å². The fourth-order valence-corrected chi connectivity index (χ4v) is 3.54. The van der Waals surface area contributed by atoms with Crippen LogP contribution in [0.5, 0.6) is 0 Å². The Morgan fingerprint density at radius 1 is 1.30 bits per heavy atom. The number of halogens is 2. The molecule has 7 nitrogen and oxygen atoms in total. The van der Waals surface area contributed by atoms with E-state index in [1.54, 1.807) is 34.1 Å². The third kappa shape index (κ3) is 4.46. The first-order valence-electron chi connectivity index (χ1n) is 8.88. The first kappa shape index (κ1) is 20.2. The Bertz CT molecular complexity index is 910. The fourth-order valence-electron chi connectivity index (χ4n) is 3.11. The summed E-state index contributed by atoms with van der Waals surface area (Å²) in [4.78, 5) is 33.5. The van der Waals surface area contributed by atoms with Gasteiger partial charge in [0.15, 0.2) is 0 Å². The molecule has 0 aromatic carbocycles. The molecule has 0 amide bonds. The second-order valence-electron chi connectivity index (χ2n) is 6.56. The molecule has 146 valence electrons. The minimum Gasteiger partial charge on any atom is -0.462 e. The Labute approximate surface area is 170 Å². The Morgan fingerprint density at radius 2 is 2.00 bits per heavy atom. The van der Waals surface area contributed by atoms with E-state index in [0.29, 0.717) is 6.54 Å². The average Bonchev–Trinajstić information content (AvgIpc) is 2.64. The van der Waals surface area contributed by atoms with Crippen LogP contribution in [-0.2, 0) is 11.3 Å². The van der Waals surface area contributed by atoms with Gasteiger partial charge in [0.05, 0.1) is 15.6 Å². The quantitative estimate of drug-likeness (QED) is 0.362. The Morgan fingerprint density at radius 3 is 2.67 bits per heavy atom. The lowest BCUT2D eigenvalue weighted by Crippen LogP contribution is -2.45. The summed E-state index contributed by atoms with van der Waals surface area (Å²) in [6, 6.07) is 1.44. The largest absolute Gasteiger partial charge is 0.462 e. The average molecular weight is 488 g/mol. The van der Waals surface area contributed by atoms with Gasteiger partial charge < -0.3 is 14.2 Å². The van der Waals surface area contributed by atoms with E-state index in [1.165, 1.54) is 12.3 Å². The highest BCUT2D eigenvalue weighted by Gasteiger charge is 2.20. The first-order chi connectivity index (χ1) is 12.9. The van der Waals surface area contributed by atoms with Crippen LogP contribution in [0.4, 0.5) is 4.39 Å². The Balaban J connectivity index is 1.98. The molecule has 0 aliphatic carbocycles.